The van der Waals surface area contributed by atoms with Crippen LogP contribution in [0.3, 0.4) is 0 Å². The van der Waals surface area contributed by atoms with Gasteiger partial charge < -0.3 is 19.7 Å². The van der Waals surface area contributed by atoms with Crippen LogP contribution in [-0.2, 0) is 11.8 Å². The normalized spacial score (nSPS) is 35.4. The van der Waals surface area contributed by atoms with Gasteiger partial charge in [0, 0.05) is 6.42 Å². The van der Waals surface area contributed by atoms with Crippen LogP contribution in [0.15, 0.2) is 64.3 Å². The fourth-order valence-corrected chi connectivity index (χ4v) is 8.38. The minimum Gasteiger partial charge on any atom is -0.468 e. The van der Waals surface area contributed by atoms with Crippen LogP contribution in [-0.4, -0.2) is 33.6 Å². The number of rotatable bonds is 10. The Kier molecular flexibility index (Phi) is 9.00. The highest BCUT2D eigenvalue weighted by Crippen LogP contribution is 2.60. The van der Waals surface area contributed by atoms with E-state index in [0.717, 1.165) is 42.6 Å². The number of hydrogen-bond acceptors (Lipinski definition) is 4. The van der Waals surface area contributed by atoms with Gasteiger partial charge in [0.2, 0.25) is 0 Å². The van der Waals surface area contributed by atoms with Crippen molar-refractivity contribution >= 4 is 0 Å². The maximum atomic E-state index is 11.3. The van der Waals surface area contributed by atoms with Crippen LogP contribution in [0, 0.1) is 23.2 Å². The molecule has 4 saturated carbocycles. The van der Waals surface area contributed by atoms with E-state index in [0.29, 0.717) is 30.6 Å². The number of furan rings is 1. The van der Waals surface area contributed by atoms with Gasteiger partial charge >= 0.3 is 0 Å². The van der Waals surface area contributed by atoms with Gasteiger partial charge in [0.25, 0.3) is 0 Å². The fraction of sp³-hybridized carbons (Fsp3) is 0.667. The van der Waals surface area contributed by atoms with Crippen LogP contribution in [0.2, 0.25) is 0 Å². The highest BCUT2D eigenvalue weighted by atomic mass is 16.3. The molecule has 4 aliphatic carbocycles. The lowest BCUT2D eigenvalue weighted by Crippen LogP contribution is -2.35. The molecule has 3 N–H and O–H groups in total. The summed E-state index contributed by atoms with van der Waals surface area (Å²) in [6, 6.07) is 2.20. The summed E-state index contributed by atoms with van der Waals surface area (Å²) in [7, 11) is 0. The van der Waals surface area contributed by atoms with E-state index in [1.807, 2.05) is 6.26 Å². The Morgan fingerprint density at radius 3 is 2.67 bits per heavy atom. The maximum absolute atomic E-state index is 11.3. The summed E-state index contributed by atoms with van der Waals surface area (Å²) in [4.78, 5) is 0. The van der Waals surface area contributed by atoms with E-state index in [9.17, 15) is 15.3 Å². The Labute approximate surface area is 242 Å². The highest BCUT2D eigenvalue weighted by molar-refractivity contribution is 5.39. The number of aliphatic hydroxyl groups is 3. The van der Waals surface area contributed by atoms with E-state index in [-0.39, 0.29) is 10.8 Å². The van der Waals surface area contributed by atoms with Crippen molar-refractivity contribution in [1.82, 2.24) is 0 Å². The van der Waals surface area contributed by atoms with Gasteiger partial charge in [0.15, 0.2) is 0 Å². The molecule has 1 aromatic heterocycles. The molecule has 0 amide bonds. The van der Waals surface area contributed by atoms with Gasteiger partial charge in [-0.25, -0.2) is 0 Å². The first-order valence-electron chi connectivity index (χ1n) is 16.1. The van der Waals surface area contributed by atoms with E-state index in [1.54, 1.807) is 0 Å². The van der Waals surface area contributed by atoms with Crippen LogP contribution >= 0.6 is 0 Å². The third kappa shape index (κ3) is 5.87. The van der Waals surface area contributed by atoms with Gasteiger partial charge in [0.05, 0.1) is 30.0 Å². The zero-order valence-electron chi connectivity index (χ0n) is 25.1. The molecule has 4 fully saturated rings. The quantitative estimate of drug-likeness (QED) is 0.207. The van der Waals surface area contributed by atoms with Crippen molar-refractivity contribution < 1.29 is 19.7 Å². The second kappa shape index (κ2) is 12.2. The highest BCUT2D eigenvalue weighted by Gasteiger charge is 2.53. The zero-order chi connectivity index (χ0) is 28.5. The number of allylic oxidation sites excluding steroid dienone is 4. The van der Waals surface area contributed by atoms with Gasteiger partial charge in [0.1, 0.15) is 5.76 Å². The molecule has 1 aromatic rings. The van der Waals surface area contributed by atoms with Gasteiger partial charge in [-0.1, -0.05) is 70.1 Å². The molecule has 0 radical (unpaired) electrons. The number of hydrogen-bond donors (Lipinski definition) is 3. The van der Waals surface area contributed by atoms with Crippen molar-refractivity contribution in [2.24, 2.45) is 23.2 Å². The number of aryl methyl sites for hydroxylation is 1. The third-order valence-corrected chi connectivity index (χ3v) is 11.1. The SMILES string of the molecule is C=C1/C(=C\C=C2/CCC[C@]3(C)[C@@H]([C@H](C)/C=C/[C@H](O)C4(c5cc(CCCCC)co5)CC4)CC[C@@H]23)C[C@@H](O)C[C@@H]1O. The van der Waals surface area contributed by atoms with E-state index in [1.165, 1.54) is 56.1 Å². The van der Waals surface area contributed by atoms with Crippen molar-refractivity contribution in [3.05, 3.63) is 71.3 Å². The number of fused-ring (bicyclic) bond motifs is 1. The average Bonchev–Trinajstić information content (AvgIpc) is 3.46. The van der Waals surface area contributed by atoms with Crippen molar-refractivity contribution in [1.29, 1.82) is 0 Å². The zero-order valence-corrected chi connectivity index (χ0v) is 25.1. The molecule has 4 nitrogen and oxygen atoms in total. The van der Waals surface area contributed by atoms with Crippen LogP contribution in [0.25, 0.3) is 0 Å². The standard InChI is InChI=1S/C36H52O4/c1-5-6-7-9-26-20-34(40-23-26)36(18-19-36)33(39)16-11-24(2)30-14-15-31-27(10-8-17-35(30,31)4)12-13-28-21-29(37)22-32(38)25(28)3/h11-13,16,20,23-24,29-33,37-39H,3,5-10,14-15,17-19,21-22H2,1-2,4H3/b16-11+,27-12+,28-13-/t24-,29-,30-,31+,32+,33+,35-/m1/s1. The summed E-state index contributed by atoms with van der Waals surface area (Å²) in [5, 5.41) is 31.7. The molecule has 220 valence electrons. The number of unbranched alkanes of at least 4 members (excludes halogenated alkanes) is 2. The van der Waals surface area contributed by atoms with Gasteiger partial charge in [-0.15, -0.1) is 0 Å². The second-order valence-electron chi connectivity index (χ2n) is 13.8. The molecule has 0 unspecified atom stereocenters. The summed E-state index contributed by atoms with van der Waals surface area (Å²) in [5.74, 6) is 2.53. The minimum atomic E-state index is -0.640. The second-order valence-corrected chi connectivity index (χ2v) is 13.8. The fourth-order valence-electron chi connectivity index (χ4n) is 8.38. The predicted molar refractivity (Wildman–Crippen MR) is 162 cm³/mol. The van der Waals surface area contributed by atoms with Crippen LogP contribution < -0.4 is 0 Å². The molecule has 40 heavy (non-hydrogen) atoms. The summed E-state index contributed by atoms with van der Waals surface area (Å²) < 4.78 is 6.00. The minimum absolute atomic E-state index is 0.236. The summed E-state index contributed by atoms with van der Waals surface area (Å²) in [6.45, 7) is 11.2. The molecule has 0 saturated heterocycles. The molecule has 0 aliphatic heterocycles. The Morgan fingerprint density at radius 1 is 1.12 bits per heavy atom. The lowest BCUT2D eigenvalue weighted by Gasteiger charge is -2.44. The molecule has 1 heterocycles. The van der Waals surface area contributed by atoms with Gasteiger partial charge in [-0.3, -0.25) is 0 Å². The number of aliphatic hydroxyl groups excluding tert-OH is 3. The van der Waals surface area contributed by atoms with Crippen molar-refractivity contribution in [3.63, 3.8) is 0 Å². The lowest BCUT2D eigenvalue weighted by atomic mass is 9.61. The largest absolute Gasteiger partial charge is 0.468 e. The summed E-state index contributed by atoms with van der Waals surface area (Å²) >= 11 is 0. The van der Waals surface area contributed by atoms with E-state index < -0.39 is 18.3 Å². The summed E-state index contributed by atoms with van der Waals surface area (Å²) in [6.07, 6.45) is 22.7. The van der Waals surface area contributed by atoms with E-state index >= 15 is 0 Å². The Morgan fingerprint density at radius 2 is 1.93 bits per heavy atom. The molecular formula is C36H52O4. The molecule has 5 rings (SSSR count). The van der Waals surface area contributed by atoms with Crippen LogP contribution in [0.5, 0.6) is 0 Å². The van der Waals surface area contributed by atoms with E-state index in [2.05, 4.69) is 57.7 Å². The topological polar surface area (TPSA) is 73.8 Å². The van der Waals surface area contributed by atoms with Gasteiger partial charge in [-0.2, -0.15) is 0 Å². The molecule has 4 heteroatoms. The van der Waals surface area contributed by atoms with Crippen molar-refractivity contribution in [2.75, 3.05) is 0 Å². The molecule has 0 spiro atoms. The predicted octanol–water partition coefficient (Wildman–Crippen LogP) is 7.74. The first kappa shape index (κ1) is 29.6. The molecule has 0 bridgehead atoms. The van der Waals surface area contributed by atoms with E-state index in [4.69, 9.17) is 4.42 Å². The third-order valence-electron chi connectivity index (χ3n) is 11.1. The molecule has 0 aromatic carbocycles. The molecule has 4 aliphatic rings. The monoisotopic (exact) mass is 548 g/mol. The van der Waals surface area contributed by atoms with Crippen molar-refractivity contribution in [2.45, 2.75) is 128 Å². The Hall–Kier alpha value is -1.88. The lowest BCUT2D eigenvalue weighted by molar-refractivity contribution is 0.0862. The molecular weight excluding hydrogens is 496 g/mol. The first-order valence-corrected chi connectivity index (χ1v) is 16.1. The van der Waals surface area contributed by atoms with Gasteiger partial charge in [-0.05, 0) is 110 Å². The Bertz CT molecular complexity index is 1130. The smallest absolute Gasteiger partial charge is 0.113 e. The summed E-state index contributed by atoms with van der Waals surface area (Å²) in [5.41, 5.74) is 4.56. The maximum Gasteiger partial charge on any atom is 0.113 e. The van der Waals surface area contributed by atoms with Crippen molar-refractivity contribution in [3.8, 4) is 0 Å². The molecule has 7 atom stereocenters. The average molecular weight is 549 g/mol. The van der Waals surface area contributed by atoms with Crippen LogP contribution in [0.1, 0.15) is 109 Å². The first-order chi connectivity index (χ1) is 19.2. The van der Waals surface area contributed by atoms with Crippen LogP contribution in [0.4, 0.5) is 0 Å². The Balaban J connectivity index is 1.24.